The summed E-state index contributed by atoms with van der Waals surface area (Å²) in [6.45, 7) is 4.86. The van der Waals surface area contributed by atoms with Crippen LogP contribution in [0.5, 0.6) is 0 Å². The number of nitrogens with one attached hydrogen (secondary N) is 2. The van der Waals surface area contributed by atoms with Crippen LogP contribution in [-0.4, -0.2) is 94.5 Å². The topological polar surface area (TPSA) is 80.4 Å². The first-order valence-electron chi connectivity index (χ1n) is 14.6. The first-order chi connectivity index (χ1) is 19.4. The summed E-state index contributed by atoms with van der Waals surface area (Å²) in [5, 5.41) is 5.29. The van der Waals surface area contributed by atoms with Gasteiger partial charge in [0.25, 0.3) is 0 Å². The van der Waals surface area contributed by atoms with Crippen molar-refractivity contribution < 1.29 is 4.79 Å². The number of carbonyl (C=O) groups is 1. The number of carbonyl (C=O) groups excluding carboxylic acids is 1. The zero-order valence-electron chi connectivity index (χ0n) is 23.6. The molecule has 2 N–H and O–H groups in total. The molecule has 1 aromatic carbocycles. The first kappa shape index (κ1) is 27.2. The van der Waals surface area contributed by atoms with Gasteiger partial charge >= 0.3 is 0 Å². The van der Waals surface area contributed by atoms with E-state index in [4.69, 9.17) is 16.6 Å². The van der Waals surface area contributed by atoms with Crippen LogP contribution in [-0.2, 0) is 4.79 Å². The zero-order valence-corrected chi connectivity index (χ0v) is 24.3. The van der Waals surface area contributed by atoms with Crippen molar-refractivity contribution >= 4 is 34.4 Å². The predicted octanol–water partition coefficient (Wildman–Crippen LogP) is 5.04. The van der Waals surface area contributed by atoms with Gasteiger partial charge in [-0.1, -0.05) is 35.9 Å². The third-order valence-electron chi connectivity index (χ3n) is 9.03. The van der Waals surface area contributed by atoms with Crippen molar-refractivity contribution in [3.05, 3.63) is 53.8 Å². The van der Waals surface area contributed by atoms with Gasteiger partial charge in [0.1, 0.15) is 0 Å². The number of rotatable bonds is 7. The minimum Gasteiger partial charge on any atom is -0.360 e. The van der Waals surface area contributed by atoms with Gasteiger partial charge in [-0.3, -0.25) is 9.69 Å². The Hall–Kier alpha value is -2.94. The molecule has 1 saturated carbocycles. The van der Waals surface area contributed by atoms with E-state index in [-0.39, 0.29) is 5.91 Å². The first-order valence-corrected chi connectivity index (χ1v) is 15.0. The molecule has 2 aromatic heterocycles. The Morgan fingerprint density at radius 1 is 1.23 bits per heavy atom. The van der Waals surface area contributed by atoms with Gasteiger partial charge in [0, 0.05) is 73.5 Å². The number of likely N-dealkylation sites (N-methyl/N-ethyl adjacent to an activating group) is 1. The molecular weight excluding hydrogens is 522 g/mol. The number of H-pyrrole nitrogens is 1. The largest absolute Gasteiger partial charge is 0.360 e. The van der Waals surface area contributed by atoms with E-state index < -0.39 is 0 Å². The fourth-order valence-electron chi connectivity index (χ4n) is 6.76. The van der Waals surface area contributed by atoms with Gasteiger partial charge in [-0.15, -0.1) is 0 Å². The zero-order chi connectivity index (χ0) is 27.7. The van der Waals surface area contributed by atoms with Gasteiger partial charge in [-0.25, -0.2) is 9.97 Å². The van der Waals surface area contributed by atoms with Crippen LogP contribution in [0.2, 0.25) is 5.02 Å². The van der Waals surface area contributed by atoms with Crippen LogP contribution in [0.15, 0.2) is 48.8 Å². The minimum atomic E-state index is 0.159. The summed E-state index contributed by atoms with van der Waals surface area (Å²) in [5.74, 6) is 0.804. The van der Waals surface area contributed by atoms with E-state index in [1.807, 2.05) is 43.4 Å². The maximum Gasteiger partial charge on any atom is 0.246 e. The van der Waals surface area contributed by atoms with Crippen LogP contribution >= 0.6 is 11.6 Å². The van der Waals surface area contributed by atoms with Crippen LogP contribution in [0.4, 0.5) is 5.95 Å². The number of nitrogens with zero attached hydrogens (tertiary/aromatic N) is 5. The second-order valence-electron chi connectivity index (χ2n) is 12.2. The van der Waals surface area contributed by atoms with Crippen molar-refractivity contribution in [2.75, 3.05) is 52.1 Å². The van der Waals surface area contributed by atoms with Gasteiger partial charge in [-0.2, -0.15) is 0 Å². The summed E-state index contributed by atoms with van der Waals surface area (Å²) in [6.07, 6.45) is 14.3. The number of benzene rings is 1. The Kier molecular flexibility index (Phi) is 7.84. The molecule has 2 atom stereocenters. The van der Waals surface area contributed by atoms with E-state index >= 15 is 0 Å². The molecule has 3 aliphatic rings. The molecule has 1 aliphatic carbocycles. The third kappa shape index (κ3) is 5.76. The maximum atomic E-state index is 12.5. The van der Waals surface area contributed by atoms with Crippen molar-refractivity contribution in [1.82, 2.24) is 29.7 Å². The maximum absolute atomic E-state index is 12.5. The average molecular weight is 562 g/mol. The van der Waals surface area contributed by atoms with E-state index in [2.05, 4.69) is 37.2 Å². The number of amides is 1. The molecule has 0 radical (unpaired) electrons. The van der Waals surface area contributed by atoms with Crippen molar-refractivity contribution in [3.63, 3.8) is 0 Å². The smallest absolute Gasteiger partial charge is 0.246 e. The Bertz CT molecular complexity index is 1370. The normalized spacial score (nSPS) is 23.2. The number of anilines is 1. The Morgan fingerprint density at radius 3 is 2.83 bits per heavy atom. The van der Waals surface area contributed by atoms with Crippen LogP contribution in [0.3, 0.4) is 0 Å². The summed E-state index contributed by atoms with van der Waals surface area (Å²) in [4.78, 5) is 32.0. The highest BCUT2D eigenvalue weighted by Gasteiger charge is 2.47. The number of aromatic amines is 1. The van der Waals surface area contributed by atoms with Crippen molar-refractivity contribution in [1.29, 1.82) is 0 Å². The quantitative estimate of drug-likeness (QED) is 0.393. The van der Waals surface area contributed by atoms with Gasteiger partial charge < -0.3 is 20.1 Å². The molecule has 0 bridgehead atoms. The number of piperidine rings is 1. The second kappa shape index (κ2) is 11.5. The fraction of sp³-hybridized carbons (Fsp3) is 0.516. The lowest BCUT2D eigenvalue weighted by molar-refractivity contribution is -0.132. The molecule has 2 saturated heterocycles. The summed E-state index contributed by atoms with van der Waals surface area (Å²) >= 11 is 6.55. The molecule has 212 valence electrons. The molecule has 3 fully saturated rings. The molecule has 40 heavy (non-hydrogen) atoms. The summed E-state index contributed by atoms with van der Waals surface area (Å²) in [6, 6.07) is 9.13. The van der Waals surface area contributed by atoms with Crippen LogP contribution in [0, 0.1) is 5.41 Å². The monoisotopic (exact) mass is 561 g/mol. The average Bonchev–Trinajstić information content (AvgIpc) is 3.37. The minimum absolute atomic E-state index is 0.159. The van der Waals surface area contributed by atoms with Gasteiger partial charge in [0.2, 0.25) is 11.9 Å². The van der Waals surface area contributed by atoms with Crippen molar-refractivity contribution in [3.8, 4) is 11.3 Å². The molecule has 8 nitrogen and oxygen atoms in total. The molecule has 3 aromatic rings. The van der Waals surface area contributed by atoms with E-state index in [0.29, 0.717) is 28.5 Å². The lowest BCUT2D eigenvalue weighted by Gasteiger charge is -2.57. The molecule has 2 aliphatic heterocycles. The standard InChI is InChI=1S/C31H40ClN7O/c1-37(2)14-6-11-28(40)38-15-12-31(13-16-38)20-39(21-31)23-8-5-7-22(17-23)35-30-34-19-26(32)29(36-30)25-18-33-27-10-4-3-9-24(25)27/h3-4,6,9-11,18-19,22-23,33H,5,7-8,12-17,20-21H2,1-2H3,(H,34,35,36)/b11-6+/t22-,23-/m1/s1. The van der Waals surface area contributed by atoms with E-state index in [1.54, 1.807) is 12.3 Å². The highest BCUT2D eigenvalue weighted by Crippen LogP contribution is 2.43. The Balaban J connectivity index is 1.03. The van der Waals surface area contributed by atoms with E-state index in [1.165, 1.54) is 12.8 Å². The van der Waals surface area contributed by atoms with Crippen molar-refractivity contribution in [2.45, 2.75) is 50.6 Å². The van der Waals surface area contributed by atoms with E-state index in [9.17, 15) is 4.79 Å². The fourth-order valence-corrected chi connectivity index (χ4v) is 6.96. The second-order valence-corrected chi connectivity index (χ2v) is 12.6. The molecule has 0 unspecified atom stereocenters. The third-order valence-corrected chi connectivity index (χ3v) is 9.30. The van der Waals surface area contributed by atoms with Crippen LogP contribution in [0.25, 0.3) is 22.2 Å². The SMILES string of the molecule is CN(C)C/C=C/C(=O)N1CCC2(CC1)CN([C@@H]1CCC[C@@H](Nc3ncc(Cl)c(-c4c[nH]c5ccccc45)n3)C1)C2. The molecule has 1 spiro atoms. The number of hydrogen-bond donors (Lipinski definition) is 2. The lowest BCUT2D eigenvalue weighted by Crippen LogP contribution is -2.64. The molecule has 9 heteroatoms. The number of para-hydroxylation sites is 1. The molecular formula is C31H40ClN7O. The van der Waals surface area contributed by atoms with Crippen LogP contribution in [0.1, 0.15) is 38.5 Å². The summed E-state index contributed by atoms with van der Waals surface area (Å²) in [5.41, 5.74) is 3.21. The van der Waals surface area contributed by atoms with Gasteiger partial charge in [0.15, 0.2) is 0 Å². The Labute approximate surface area is 241 Å². The summed E-state index contributed by atoms with van der Waals surface area (Å²) < 4.78 is 0. The highest BCUT2D eigenvalue weighted by atomic mass is 35.5. The number of aromatic nitrogens is 3. The Morgan fingerprint density at radius 2 is 2.02 bits per heavy atom. The number of likely N-dealkylation sites (tertiary alicyclic amines) is 2. The highest BCUT2D eigenvalue weighted by molar-refractivity contribution is 6.33. The number of halogens is 1. The number of fused-ring (bicyclic) bond motifs is 1. The molecule has 1 amide bonds. The van der Waals surface area contributed by atoms with Gasteiger partial charge in [-0.05, 0) is 64.1 Å². The van der Waals surface area contributed by atoms with Crippen LogP contribution < -0.4 is 5.32 Å². The molecule has 4 heterocycles. The van der Waals surface area contributed by atoms with Gasteiger partial charge in [0.05, 0.1) is 16.9 Å². The predicted molar refractivity (Wildman–Crippen MR) is 162 cm³/mol. The molecule has 6 rings (SSSR count). The summed E-state index contributed by atoms with van der Waals surface area (Å²) in [7, 11) is 4.03. The lowest BCUT2D eigenvalue weighted by atomic mass is 9.70. The van der Waals surface area contributed by atoms with Crippen molar-refractivity contribution in [2.24, 2.45) is 5.41 Å². The number of hydrogen-bond acceptors (Lipinski definition) is 6. The van der Waals surface area contributed by atoms with E-state index in [0.717, 1.165) is 80.6 Å².